The van der Waals surface area contributed by atoms with Gasteiger partial charge in [-0.1, -0.05) is 0 Å². The van der Waals surface area contributed by atoms with E-state index in [2.05, 4.69) is 0 Å². The van der Waals surface area contributed by atoms with Crippen LogP contribution < -0.4 is 5.73 Å². The van der Waals surface area contributed by atoms with Crippen molar-refractivity contribution in [3.8, 4) is 12.1 Å². The van der Waals surface area contributed by atoms with E-state index in [1.165, 1.54) is 12.1 Å². The fourth-order valence-corrected chi connectivity index (χ4v) is 1.24. The summed E-state index contributed by atoms with van der Waals surface area (Å²) in [6.45, 7) is 0. The first-order valence-electron chi connectivity index (χ1n) is 3.94. The first-order chi connectivity index (χ1) is 7.10. The van der Waals surface area contributed by atoms with Crippen LogP contribution >= 0.6 is 0 Å². The van der Waals surface area contributed by atoms with Crippen LogP contribution in [-0.2, 0) is 6.42 Å². The van der Waals surface area contributed by atoms with Crippen molar-refractivity contribution < 1.29 is 4.92 Å². The molecule has 0 saturated carbocycles. The largest absolute Gasteiger partial charge is 0.399 e. The maximum Gasteiger partial charge on any atom is 0.291 e. The molecule has 0 aliphatic carbocycles. The van der Waals surface area contributed by atoms with E-state index in [0.29, 0.717) is 0 Å². The molecule has 0 unspecified atom stereocenters. The number of nitrogens with two attached hydrogens (primary N) is 1. The Morgan fingerprint density at radius 1 is 1.47 bits per heavy atom. The number of nitrogen functional groups attached to an aromatic ring is 1. The molecular weight excluding hydrogens is 196 g/mol. The molecule has 0 fully saturated rings. The molecule has 0 amide bonds. The number of hydrogen-bond donors (Lipinski definition) is 1. The summed E-state index contributed by atoms with van der Waals surface area (Å²) in [4.78, 5) is 10.0. The SMILES string of the molecule is N#CCc1cc(N)cc(C#N)c1[N+](=O)[O-]. The van der Waals surface area contributed by atoms with Crippen LogP contribution in [0.25, 0.3) is 0 Å². The van der Waals surface area contributed by atoms with E-state index in [-0.39, 0.29) is 28.9 Å². The van der Waals surface area contributed by atoms with Gasteiger partial charge in [-0.05, 0) is 12.1 Å². The predicted octanol–water partition coefficient (Wildman–Crippen LogP) is 1.11. The molecule has 0 spiro atoms. The molecular formula is C9H6N4O2. The first-order valence-corrected chi connectivity index (χ1v) is 3.94. The van der Waals surface area contributed by atoms with Crippen molar-refractivity contribution in [2.75, 3.05) is 5.73 Å². The van der Waals surface area contributed by atoms with E-state index in [4.69, 9.17) is 16.3 Å². The highest BCUT2D eigenvalue weighted by Gasteiger charge is 2.20. The Kier molecular flexibility index (Phi) is 2.85. The molecule has 6 heteroatoms. The highest BCUT2D eigenvalue weighted by atomic mass is 16.6. The van der Waals surface area contributed by atoms with Gasteiger partial charge in [-0.3, -0.25) is 10.1 Å². The third kappa shape index (κ3) is 2.01. The zero-order chi connectivity index (χ0) is 11.4. The molecule has 74 valence electrons. The highest BCUT2D eigenvalue weighted by molar-refractivity contribution is 5.62. The van der Waals surface area contributed by atoms with Gasteiger partial charge in [0.15, 0.2) is 0 Å². The first kappa shape index (κ1) is 10.5. The van der Waals surface area contributed by atoms with Crippen molar-refractivity contribution in [3.05, 3.63) is 33.4 Å². The van der Waals surface area contributed by atoms with Gasteiger partial charge in [-0.2, -0.15) is 10.5 Å². The normalized spacial score (nSPS) is 8.93. The van der Waals surface area contributed by atoms with Crippen LogP contribution in [0.4, 0.5) is 11.4 Å². The fraction of sp³-hybridized carbons (Fsp3) is 0.111. The molecule has 1 aromatic rings. The highest BCUT2D eigenvalue weighted by Crippen LogP contribution is 2.26. The number of nitrogens with zero attached hydrogens (tertiary/aromatic N) is 3. The van der Waals surface area contributed by atoms with E-state index >= 15 is 0 Å². The van der Waals surface area contributed by atoms with Gasteiger partial charge in [0.2, 0.25) is 0 Å². The Labute approximate surface area is 85.3 Å². The monoisotopic (exact) mass is 202 g/mol. The van der Waals surface area contributed by atoms with Crippen molar-refractivity contribution in [3.63, 3.8) is 0 Å². The van der Waals surface area contributed by atoms with Gasteiger partial charge >= 0.3 is 0 Å². The lowest BCUT2D eigenvalue weighted by Gasteiger charge is -2.02. The lowest BCUT2D eigenvalue weighted by atomic mass is 10.0. The molecule has 0 radical (unpaired) electrons. The second-order valence-electron chi connectivity index (χ2n) is 2.78. The molecule has 6 nitrogen and oxygen atoms in total. The Morgan fingerprint density at radius 2 is 2.13 bits per heavy atom. The van der Waals surface area contributed by atoms with Crippen LogP contribution in [-0.4, -0.2) is 4.92 Å². The number of nitro benzene ring substituents is 1. The van der Waals surface area contributed by atoms with Crippen molar-refractivity contribution >= 4 is 11.4 Å². The molecule has 0 heterocycles. The van der Waals surface area contributed by atoms with Gasteiger partial charge < -0.3 is 5.73 Å². The maximum absolute atomic E-state index is 10.7. The van der Waals surface area contributed by atoms with Crippen LogP contribution in [0.3, 0.4) is 0 Å². The molecule has 0 aliphatic rings. The topological polar surface area (TPSA) is 117 Å². The van der Waals surface area contributed by atoms with E-state index < -0.39 is 4.92 Å². The third-order valence-electron chi connectivity index (χ3n) is 1.78. The van der Waals surface area contributed by atoms with Crippen LogP contribution in [0, 0.1) is 32.8 Å². The van der Waals surface area contributed by atoms with Gasteiger partial charge in [0.1, 0.15) is 11.6 Å². The number of nitriles is 2. The molecule has 2 N–H and O–H groups in total. The Bertz CT molecular complexity index is 496. The average Bonchev–Trinajstić information content (AvgIpc) is 2.16. The number of nitro groups is 1. The van der Waals surface area contributed by atoms with E-state index in [1.54, 1.807) is 12.1 Å². The van der Waals surface area contributed by atoms with Crippen LogP contribution in [0.1, 0.15) is 11.1 Å². The zero-order valence-corrected chi connectivity index (χ0v) is 7.60. The van der Waals surface area contributed by atoms with Gasteiger partial charge in [-0.25, -0.2) is 0 Å². The summed E-state index contributed by atoms with van der Waals surface area (Å²) >= 11 is 0. The Balaban J connectivity index is 3.50. The van der Waals surface area contributed by atoms with Crippen LogP contribution in [0.5, 0.6) is 0 Å². The quantitative estimate of drug-likeness (QED) is 0.438. The average molecular weight is 202 g/mol. The molecule has 0 aliphatic heterocycles. The zero-order valence-electron chi connectivity index (χ0n) is 7.60. The molecule has 0 atom stereocenters. The Morgan fingerprint density at radius 3 is 2.60 bits per heavy atom. The van der Waals surface area contributed by atoms with Crippen molar-refractivity contribution in [2.45, 2.75) is 6.42 Å². The van der Waals surface area contributed by atoms with E-state index in [1.807, 2.05) is 0 Å². The number of benzene rings is 1. The Hall–Kier alpha value is -2.60. The fourth-order valence-electron chi connectivity index (χ4n) is 1.24. The summed E-state index contributed by atoms with van der Waals surface area (Å²) in [5.41, 5.74) is 5.40. The summed E-state index contributed by atoms with van der Waals surface area (Å²) in [5.74, 6) is 0. The van der Waals surface area contributed by atoms with Crippen LogP contribution in [0.15, 0.2) is 12.1 Å². The number of rotatable bonds is 2. The summed E-state index contributed by atoms with van der Waals surface area (Å²) in [6.07, 6.45) is -0.143. The van der Waals surface area contributed by atoms with Crippen molar-refractivity contribution in [1.82, 2.24) is 0 Å². The summed E-state index contributed by atoms with van der Waals surface area (Å²) < 4.78 is 0. The standard InChI is InChI=1S/C9H6N4O2/c10-2-1-6-3-8(12)4-7(5-11)9(6)13(14)15/h3-4H,1,12H2. The minimum atomic E-state index is -0.676. The second kappa shape index (κ2) is 4.07. The van der Waals surface area contributed by atoms with Gasteiger partial charge in [0, 0.05) is 11.3 Å². The van der Waals surface area contributed by atoms with Crippen LogP contribution in [0.2, 0.25) is 0 Å². The molecule has 1 rings (SSSR count). The van der Waals surface area contributed by atoms with E-state index in [0.717, 1.165) is 0 Å². The summed E-state index contributed by atoms with van der Waals surface area (Å²) in [7, 11) is 0. The lowest BCUT2D eigenvalue weighted by Crippen LogP contribution is -2.00. The maximum atomic E-state index is 10.7. The smallest absolute Gasteiger partial charge is 0.291 e. The van der Waals surface area contributed by atoms with Gasteiger partial charge in [0.25, 0.3) is 5.69 Å². The minimum absolute atomic E-state index is 0.120. The van der Waals surface area contributed by atoms with Crippen molar-refractivity contribution in [1.29, 1.82) is 10.5 Å². The molecule has 0 saturated heterocycles. The number of anilines is 1. The van der Waals surface area contributed by atoms with Gasteiger partial charge in [0.05, 0.1) is 17.4 Å². The number of hydrogen-bond acceptors (Lipinski definition) is 5. The second-order valence-corrected chi connectivity index (χ2v) is 2.78. The predicted molar refractivity (Wildman–Crippen MR) is 51.5 cm³/mol. The molecule has 0 bridgehead atoms. The molecule has 15 heavy (non-hydrogen) atoms. The third-order valence-corrected chi connectivity index (χ3v) is 1.78. The molecule has 0 aromatic heterocycles. The lowest BCUT2D eigenvalue weighted by molar-refractivity contribution is -0.385. The molecule has 1 aromatic carbocycles. The van der Waals surface area contributed by atoms with Gasteiger partial charge in [-0.15, -0.1) is 0 Å². The van der Waals surface area contributed by atoms with Crippen molar-refractivity contribution in [2.24, 2.45) is 0 Å². The summed E-state index contributed by atoms with van der Waals surface area (Å²) in [6, 6.07) is 6.03. The minimum Gasteiger partial charge on any atom is -0.399 e. The van der Waals surface area contributed by atoms with E-state index in [9.17, 15) is 10.1 Å². The summed E-state index contributed by atoms with van der Waals surface area (Å²) in [5, 5.41) is 27.9.